The molecular weight excluding hydrogens is 502 g/mol. The first kappa shape index (κ1) is 25.1. The molecule has 36 heavy (non-hydrogen) atoms. The van der Waals surface area contributed by atoms with E-state index in [1.165, 1.54) is 23.5 Å². The number of ketones is 1. The topological polar surface area (TPSA) is 72.9 Å². The maximum absolute atomic E-state index is 13.5. The number of thiophene rings is 1. The van der Waals surface area contributed by atoms with Crippen LogP contribution in [0.15, 0.2) is 72.3 Å². The minimum atomic E-state index is -5.05. The van der Waals surface area contributed by atoms with Crippen molar-refractivity contribution in [2.45, 2.75) is 25.2 Å². The Morgan fingerprint density at radius 3 is 2.42 bits per heavy atom. The molecule has 6 nitrogen and oxygen atoms in total. The van der Waals surface area contributed by atoms with Gasteiger partial charge in [-0.05, 0) is 54.3 Å². The molecule has 1 aromatic heterocycles. The van der Waals surface area contributed by atoms with Gasteiger partial charge in [0.2, 0.25) is 0 Å². The van der Waals surface area contributed by atoms with E-state index in [9.17, 15) is 31.9 Å². The Morgan fingerprint density at radius 2 is 1.78 bits per heavy atom. The molecular formula is C25H17F4NO5S. The smallest absolute Gasteiger partial charge is 0.420 e. The van der Waals surface area contributed by atoms with Gasteiger partial charge in [0.25, 0.3) is 0 Å². The molecule has 0 aliphatic carbocycles. The van der Waals surface area contributed by atoms with E-state index in [0.717, 1.165) is 22.7 Å². The number of benzene rings is 2. The second-order valence-corrected chi connectivity index (χ2v) is 8.73. The second kappa shape index (κ2) is 9.94. The number of carbonyl (C=O) groups is 3. The molecule has 186 valence electrons. The van der Waals surface area contributed by atoms with Crippen LogP contribution in [-0.2, 0) is 15.7 Å². The van der Waals surface area contributed by atoms with Crippen molar-refractivity contribution in [2.75, 3.05) is 0 Å². The average molecular weight is 519 g/mol. The molecule has 0 fully saturated rings. The first-order valence-electron chi connectivity index (χ1n) is 10.4. The fraction of sp³-hybridized carbons (Fsp3) is 0.160. The van der Waals surface area contributed by atoms with Crippen LogP contribution in [0.3, 0.4) is 0 Å². The molecule has 0 saturated heterocycles. The lowest BCUT2D eigenvalue weighted by molar-refractivity contribution is -0.138. The lowest BCUT2D eigenvalue weighted by Gasteiger charge is -2.35. The van der Waals surface area contributed by atoms with Gasteiger partial charge < -0.3 is 9.47 Å². The van der Waals surface area contributed by atoms with Crippen molar-refractivity contribution in [3.63, 3.8) is 0 Å². The normalized spacial score (nSPS) is 17.7. The Balaban J connectivity index is 1.70. The number of rotatable bonds is 4. The fourth-order valence-corrected chi connectivity index (χ4v) is 4.60. The molecule has 0 unspecified atom stereocenters. The van der Waals surface area contributed by atoms with E-state index in [1.807, 2.05) is 0 Å². The summed E-state index contributed by atoms with van der Waals surface area (Å²) >= 11 is 1.17. The molecule has 4 rings (SSSR count). The van der Waals surface area contributed by atoms with Gasteiger partial charge in [-0.25, -0.2) is 14.0 Å². The Kier molecular flexibility index (Phi) is 6.93. The molecule has 0 N–H and O–H groups in total. The number of para-hydroxylation sites is 1. The van der Waals surface area contributed by atoms with Crippen LogP contribution >= 0.6 is 11.3 Å². The van der Waals surface area contributed by atoms with Crippen molar-refractivity contribution >= 4 is 29.2 Å². The number of hydrogen-bond acceptors (Lipinski definition) is 6. The summed E-state index contributed by atoms with van der Waals surface area (Å²) in [7, 11) is 0. The van der Waals surface area contributed by atoms with Gasteiger partial charge in [0.15, 0.2) is 11.9 Å². The Morgan fingerprint density at radius 1 is 1.06 bits per heavy atom. The summed E-state index contributed by atoms with van der Waals surface area (Å²) in [5.74, 6) is -3.23. The monoisotopic (exact) mass is 519 g/mol. The third-order valence-electron chi connectivity index (χ3n) is 5.21. The molecule has 0 spiro atoms. The zero-order chi connectivity index (χ0) is 26.0. The first-order chi connectivity index (χ1) is 17.0. The van der Waals surface area contributed by atoms with Crippen LogP contribution in [0.2, 0.25) is 0 Å². The molecule has 0 saturated carbocycles. The number of nitrogens with zero attached hydrogens (tertiary/aromatic N) is 1. The predicted molar refractivity (Wildman–Crippen MR) is 121 cm³/mol. The summed E-state index contributed by atoms with van der Waals surface area (Å²) in [6, 6.07) is 10.00. The highest BCUT2D eigenvalue weighted by atomic mass is 32.1. The van der Waals surface area contributed by atoms with E-state index < -0.39 is 53.1 Å². The number of esters is 1. The van der Waals surface area contributed by atoms with E-state index in [0.29, 0.717) is 17.0 Å². The average Bonchev–Trinajstić information content (AvgIpc) is 3.26. The van der Waals surface area contributed by atoms with Gasteiger partial charge in [0.1, 0.15) is 17.6 Å². The number of halogens is 4. The zero-order valence-corrected chi connectivity index (χ0v) is 19.3. The molecule has 0 bridgehead atoms. The van der Waals surface area contributed by atoms with E-state index in [2.05, 4.69) is 0 Å². The minimum absolute atomic E-state index is 0.169. The van der Waals surface area contributed by atoms with Gasteiger partial charge in [0, 0.05) is 17.2 Å². The highest BCUT2D eigenvalue weighted by Crippen LogP contribution is 2.37. The van der Waals surface area contributed by atoms with E-state index in [4.69, 9.17) is 9.47 Å². The Hall–Kier alpha value is -3.99. The van der Waals surface area contributed by atoms with Gasteiger partial charge in [-0.3, -0.25) is 9.69 Å². The van der Waals surface area contributed by atoms with Crippen molar-refractivity contribution in [3.8, 4) is 5.75 Å². The fourth-order valence-electron chi connectivity index (χ4n) is 3.58. The predicted octanol–water partition coefficient (Wildman–Crippen LogP) is 6.08. The zero-order valence-electron chi connectivity index (χ0n) is 18.5. The summed E-state index contributed by atoms with van der Waals surface area (Å²) < 4.78 is 64.5. The van der Waals surface area contributed by atoms with Crippen LogP contribution in [0.1, 0.15) is 32.4 Å². The van der Waals surface area contributed by atoms with E-state index >= 15 is 0 Å². The molecule has 0 radical (unpaired) electrons. The largest absolute Gasteiger partial charge is 0.448 e. The third-order valence-corrected chi connectivity index (χ3v) is 6.33. The summed E-state index contributed by atoms with van der Waals surface area (Å²) in [5, 5.41) is 1.74. The molecule has 2 atom stereocenters. The SMILES string of the molecule is Cc1csc([C@@H]2[C@@H](OC(=O)c3ccc(F)cc3C(F)(F)F)C(=O)C=CN2C(=O)Oc2ccccc2)c1. The van der Waals surface area contributed by atoms with Crippen molar-refractivity contribution in [3.05, 3.63) is 99.6 Å². The van der Waals surface area contributed by atoms with Crippen molar-refractivity contribution in [1.29, 1.82) is 0 Å². The molecule has 2 heterocycles. The maximum atomic E-state index is 13.5. The van der Waals surface area contributed by atoms with E-state index in [1.54, 1.807) is 36.6 Å². The number of alkyl halides is 3. The number of aryl methyl sites for hydroxylation is 1. The number of carbonyl (C=O) groups excluding carboxylic acids is 3. The van der Waals surface area contributed by atoms with Crippen LogP contribution in [0, 0.1) is 12.7 Å². The van der Waals surface area contributed by atoms with Gasteiger partial charge in [-0.1, -0.05) is 18.2 Å². The standard InChI is InChI=1S/C25H17F4NO5S/c1-14-11-20(36-13-14)21-22(35-23(32)17-8-7-15(26)12-18(17)25(27,28)29)19(31)9-10-30(21)24(33)34-16-5-3-2-4-6-16/h2-13,21-22H,1H3/t21-,22+/m1/s1. The summed E-state index contributed by atoms with van der Waals surface area (Å²) in [4.78, 5) is 40.1. The van der Waals surface area contributed by atoms with Crippen LogP contribution in [0.4, 0.5) is 22.4 Å². The number of amides is 1. The van der Waals surface area contributed by atoms with Gasteiger partial charge >= 0.3 is 18.2 Å². The quantitative estimate of drug-likeness (QED) is 0.309. The molecule has 1 amide bonds. The molecule has 1 aliphatic rings. The molecule has 1 aliphatic heterocycles. The summed E-state index contributed by atoms with van der Waals surface area (Å²) in [5.41, 5.74) is -1.72. The second-order valence-electron chi connectivity index (χ2n) is 7.79. The van der Waals surface area contributed by atoms with Gasteiger partial charge in [0.05, 0.1) is 11.1 Å². The molecule has 2 aromatic carbocycles. The van der Waals surface area contributed by atoms with Crippen molar-refractivity contribution in [2.24, 2.45) is 0 Å². The number of hydrogen-bond donors (Lipinski definition) is 0. The maximum Gasteiger partial charge on any atom is 0.420 e. The third kappa shape index (κ3) is 5.30. The van der Waals surface area contributed by atoms with Crippen molar-refractivity contribution in [1.82, 2.24) is 4.90 Å². The minimum Gasteiger partial charge on any atom is -0.448 e. The Labute approximate surface area is 206 Å². The van der Waals surface area contributed by atoms with Crippen LogP contribution in [0.25, 0.3) is 0 Å². The summed E-state index contributed by atoms with van der Waals surface area (Å²) in [6.07, 6.45) is -5.51. The number of ether oxygens (including phenoxy) is 2. The Bertz CT molecular complexity index is 1340. The lowest BCUT2D eigenvalue weighted by Crippen LogP contribution is -2.46. The van der Waals surface area contributed by atoms with Crippen LogP contribution < -0.4 is 4.74 Å². The highest BCUT2D eigenvalue weighted by Gasteiger charge is 2.44. The first-order valence-corrected chi connectivity index (χ1v) is 11.3. The van der Waals surface area contributed by atoms with Crippen LogP contribution in [-0.4, -0.2) is 28.8 Å². The van der Waals surface area contributed by atoms with Gasteiger partial charge in [-0.2, -0.15) is 13.2 Å². The lowest BCUT2D eigenvalue weighted by atomic mass is 9.99. The molecule has 11 heteroatoms. The van der Waals surface area contributed by atoms with Crippen LogP contribution in [0.5, 0.6) is 5.75 Å². The van der Waals surface area contributed by atoms with Gasteiger partial charge in [-0.15, -0.1) is 11.3 Å². The highest BCUT2D eigenvalue weighted by molar-refractivity contribution is 7.10. The molecule has 3 aromatic rings. The van der Waals surface area contributed by atoms with E-state index in [-0.39, 0.29) is 11.8 Å². The van der Waals surface area contributed by atoms with Crippen molar-refractivity contribution < 1.29 is 41.4 Å². The summed E-state index contributed by atoms with van der Waals surface area (Å²) in [6.45, 7) is 1.77.